The highest BCUT2D eigenvalue weighted by Gasteiger charge is 2.34. The zero-order chi connectivity index (χ0) is 20.8. The lowest BCUT2D eigenvalue weighted by molar-refractivity contribution is -0.121. The van der Waals surface area contributed by atoms with Gasteiger partial charge in [0, 0.05) is 19.5 Å². The molecular formula is C23H26N2O4. The standard InChI is InChI=1S/C23H26N2O4/c1-16-7-12-19-20(15-16)23(28)25(22(19)27)14-4-6-21(26)24-13-3-5-17-8-10-18(29-2)11-9-17/h7-12,15H,3-6,13-14H2,1-2H3,(H,24,26). The molecule has 0 aromatic heterocycles. The first-order chi connectivity index (χ1) is 14.0. The number of amides is 3. The molecule has 6 heteroatoms. The molecule has 6 nitrogen and oxygen atoms in total. The molecule has 1 heterocycles. The summed E-state index contributed by atoms with van der Waals surface area (Å²) in [6.07, 6.45) is 2.46. The number of nitrogens with zero attached hydrogens (tertiary/aromatic N) is 1. The quantitative estimate of drug-likeness (QED) is 0.524. The van der Waals surface area contributed by atoms with Crippen LogP contribution in [0.25, 0.3) is 0 Å². The van der Waals surface area contributed by atoms with Gasteiger partial charge in [0.05, 0.1) is 18.2 Å². The molecule has 0 bridgehead atoms. The molecule has 0 radical (unpaired) electrons. The topological polar surface area (TPSA) is 75.7 Å². The highest BCUT2D eigenvalue weighted by atomic mass is 16.5. The van der Waals surface area contributed by atoms with E-state index in [1.54, 1.807) is 19.2 Å². The van der Waals surface area contributed by atoms with E-state index < -0.39 is 0 Å². The Kier molecular flexibility index (Phi) is 6.65. The van der Waals surface area contributed by atoms with E-state index >= 15 is 0 Å². The van der Waals surface area contributed by atoms with Crippen LogP contribution in [0.3, 0.4) is 0 Å². The summed E-state index contributed by atoms with van der Waals surface area (Å²) in [5.41, 5.74) is 3.04. The fourth-order valence-corrected chi connectivity index (χ4v) is 3.41. The van der Waals surface area contributed by atoms with Gasteiger partial charge in [-0.25, -0.2) is 0 Å². The van der Waals surface area contributed by atoms with Crippen LogP contribution in [-0.4, -0.2) is 42.8 Å². The van der Waals surface area contributed by atoms with Crippen molar-refractivity contribution in [1.82, 2.24) is 10.2 Å². The Morgan fingerprint density at radius 3 is 2.45 bits per heavy atom. The van der Waals surface area contributed by atoms with Crippen molar-refractivity contribution >= 4 is 17.7 Å². The van der Waals surface area contributed by atoms with Gasteiger partial charge in [-0.15, -0.1) is 0 Å². The number of carbonyl (C=O) groups is 3. The number of imide groups is 1. The molecule has 152 valence electrons. The molecule has 0 spiro atoms. The minimum Gasteiger partial charge on any atom is -0.497 e. The molecule has 29 heavy (non-hydrogen) atoms. The van der Waals surface area contributed by atoms with Crippen LogP contribution in [0.2, 0.25) is 0 Å². The molecule has 1 aliphatic rings. The SMILES string of the molecule is COc1ccc(CCCNC(=O)CCCN2C(=O)c3ccc(C)cc3C2=O)cc1. The Hall–Kier alpha value is -3.15. The van der Waals surface area contributed by atoms with Crippen molar-refractivity contribution in [2.45, 2.75) is 32.6 Å². The Bertz CT molecular complexity index is 906. The highest BCUT2D eigenvalue weighted by molar-refractivity contribution is 6.21. The second-order valence-corrected chi connectivity index (χ2v) is 7.22. The maximum atomic E-state index is 12.4. The van der Waals surface area contributed by atoms with Gasteiger partial charge in [-0.1, -0.05) is 23.8 Å². The van der Waals surface area contributed by atoms with Crippen LogP contribution in [0.15, 0.2) is 42.5 Å². The van der Waals surface area contributed by atoms with Crippen molar-refractivity contribution < 1.29 is 19.1 Å². The minimum absolute atomic E-state index is 0.0628. The number of benzene rings is 2. The molecule has 2 aromatic carbocycles. The van der Waals surface area contributed by atoms with Crippen molar-refractivity contribution in [3.8, 4) is 5.75 Å². The van der Waals surface area contributed by atoms with E-state index in [0.29, 0.717) is 24.1 Å². The Morgan fingerprint density at radius 1 is 1.00 bits per heavy atom. The molecule has 0 fully saturated rings. The summed E-state index contributed by atoms with van der Waals surface area (Å²) in [5, 5.41) is 2.90. The molecule has 2 aromatic rings. The van der Waals surface area contributed by atoms with Gasteiger partial charge in [-0.05, 0) is 56.0 Å². The predicted molar refractivity (Wildman–Crippen MR) is 110 cm³/mol. The monoisotopic (exact) mass is 394 g/mol. The third-order valence-electron chi connectivity index (χ3n) is 5.04. The average molecular weight is 394 g/mol. The van der Waals surface area contributed by atoms with Gasteiger partial charge in [0.15, 0.2) is 0 Å². The van der Waals surface area contributed by atoms with Crippen molar-refractivity contribution in [2.24, 2.45) is 0 Å². The fourth-order valence-electron chi connectivity index (χ4n) is 3.41. The highest BCUT2D eigenvalue weighted by Crippen LogP contribution is 2.24. The number of methoxy groups -OCH3 is 1. The first-order valence-electron chi connectivity index (χ1n) is 9.86. The number of hydrogen-bond acceptors (Lipinski definition) is 4. The number of hydrogen-bond donors (Lipinski definition) is 1. The maximum Gasteiger partial charge on any atom is 0.261 e. The van der Waals surface area contributed by atoms with Crippen molar-refractivity contribution in [3.05, 3.63) is 64.7 Å². The summed E-state index contributed by atoms with van der Waals surface area (Å²) in [7, 11) is 1.64. The lowest BCUT2D eigenvalue weighted by Crippen LogP contribution is -2.32. The number of nitrogens with one attached hydrogen (secondary N) is 1. The van der Waals surface area contributed by atoms with Crippen LogP contribution in [-0.2, 0) is 11.2 Å². The molecule has 1 aliphatic heterocycles. The summed E-state index contributed by atoms with van der Waals surface area (Å²) in [5.74, 6) is 0.223. The van der Waals surface area contributed by atoms with E-state index in [9.17, 15) is 14.4 Å². The minimum atomic E-state index is -0.273. The van der Waals surface area contributed by atoms with Crippen LogP contribution >= 0.6 is 0 Å². The van der Waals surface area contributed by atoms with Crippen LogP contribution in [0, 0.1) is 6.92 Å². The van der Waals surface area contributed by atoms with E-state index in [4.69, 9.17) is 4.74 Å². The summed E-state index contributed by atoms with van der Waals surface area (Å²) >= 11 is 0. The number of ether oxygens (including phenoxy) is 1. The zero-order valence-corrected chi connectivity index (χ0v) is 16.9. The van der Waals surface area contributed by atoms with Gasteiger partial charge < -0.3 is 10.1 Å². The Balaban J connectivity index is 1.36. The molecule has 3 amide bonds. The molecule has 0 saturated carbocycles. The average Bonchev–Trinajstić information content (AvgIpc) is 2.96. The van der Waals surface area contributed by atoms with Crippen LogP contribution in [0.1, 0.15) is 51.1 Å². The number of aryl methyl sites for hydroxylation is 2. The summed E-state index contributed by atoms with van der Waals surface area (Å²) in [6, 6.07) is 13.1. The van der Waals surface area contributed by atoms with Gasteiger partial charge in [-0.2, -0.15) is 0 Å². The van der Waals surface area contributed by atoms with Crippen molar-refractivity contribution in [2.75, 3.05) is 20.2 Å². The van der Waals surface area contributed by atoms with Crippen LogP contribution in [0.4, 0.5) is 0 Å². The number of rotatable bonds is 9. The molecular weight excluding hydrogens is 368 g/mol. The number of fused-ring (bicyclic) bond motifs is 1. The maximum absolute atomic E-state index is 12.4. The molecule has 1 N–H and O–H groups in total. The van der Waals surface area contributed by atoms with Gasteiger partial charge >= 0.3 is 0 Å². The Labute approximate surface area is 170 Å². The smallest absolute Gasteiger partial charge is 0.261 e. The summed E-state index contributed by atoms with van der Waals surface area (Å²) < 4.78 is 5.13. The van der Waals surface area contributed by atoms with E-state index in [1.807, 2.05) is 37.3 Å². The van der Waals surface area contributed by atoms with Crippen molar-refractivity contribution in [3.63, 3.8) is 0 Å². The van der Waals surface area contributed by atoms with Gasteiger partial charge in [0.25, 0.3) is 11.8 Å². The van der Waals surface area contributed by atoms with E-state index in [2.05, 4.69) is 5.32 Å². The van der Waals surface area contributed by atoms with E-state index in [-0.39, 0.29) is 30.7 Å². The Morgan fingerprint density at radius 2 is 1.72 bits per heavy atom. The third kappa shape index (κ3) is 5.02. The van der Waals surface area contributed by atoms with Crippen LogP contribution < -0.4 is 10.1 Å². The second-order valence-electron chi connectivity index (χ2n) is 7.22. The van der Waals surface area contributed by atoms with Crippen molar-refractivity contribution in [1.29, 1.82) is 0 Å². The molecule has 0 saturated heterocycles. The van der Waals surface area contributed by atoms with Gasteiger partial charge in [-0.3, -0.25) is 19.3 Å². The second kappa shape index (κ2) is 9.37. The summed E-state index contributed by atoms with van der Waals surface area (Å²) in [4.78, 5) is 38.1. The fraction of sp³-hybridized carbons (Fsp3) is 0.348. The third-order valence-corrected chi connectivity index (χ3v) is 5.04. The lowest BCUT2D eigenvalue weighted by atomic mass is 10.1. The molecule has 0 unspecified atom stereocenters. The van der Waals surface area contributed by atoms with Gasteiger partial charge in [0.2, 0.25) is 5.91 Å². The first-order valence-corrected chi connectivity index (χ1v) is 9.86. The summed E-state index contributed by atoms with van der Waals surface area (Å²) in [6.45, 7) is 2.74. The van der Waals surface area contributed by atoms with Gasteiger partial charge in [0.1, 0.15) is 5.75 Å². The molecule has 0 aliphatic carbocycles. The van der Waals surface area contributed by atoms with E-state index in [0.717, 1.165) is 24.2 Å². The number of carbonyl (C=O) groups excluding carboxylic acids is 3. The normalized spacial score (nSPS) is 12.8. The van der Waals surface area contributed by atoms with E-state index in [1.165, 1.54) is 10.5 Å². The first kappa shape index (κ1) is 20.6. The lowest BCUT2D eigenvalue weighted by Gasteiger charge is -2.13. The predicted octanol–water partition coefficient (Wildman–Crippen LogP) is 3.13. The molecule has 3 rings (SSSR count). The largest absolute Gasteiger partial charge is 0.497 e. The molecule has 0 atom stereocenters. The zero-order valence-electron chi connectivity index (χ0n) is 16.9. The van der Waals surface area contributed by atoms with Crippen LogP contribution in [0.5, 0.6) is 5.75 Å².